The third-order valence-electron chi connectivity index (χ3n) is 2.22. The number of para-hydroxylation sites is 1. The van der Waals surface area contributed by atoms with Gasteiger partial charge in [0.25, 0.3) is 10.0 Å². The monoisotopic (exact) mass is 329 g/mol. The molecule has 2 aromatic carbocycles. The number of anilines is 1. The van der Waals surface area contributed by atoms with Crippen LogP contribution in [0, 0.1) is 5.82 Å². The Morgan fingerprint density at radius 2 is 1.78 bits per heavy atom. The van der Waals surface area contributed by atoms with Crippen LogP contribution >= 0.6 is 15.9 Å². The first-order valence-corrected chi connectivity index (χ1v) is 7.29. The van der Waals surface area contributed by atoms with Gasteiger partial charge in [-0.2, -0.15) is 0 Å². The molecule has 0 heterocycles. The fraction of sp³-hybridized carbons (Fsp3) is 0. The summed E-state index contributed by atoms with van der Waals surface area (Å²) in [6, 6.07) is 11.8. The van der Waals surface area contributed by atoms with Gasteiger partial charge in [0.1, 0.15) is 5.82 Å². The average molecular weight is 330 g/mol. The Bertz CT molecular complexity index is 673. The summed E-state index contributed by atoms with van der Waals surface area (Å²) in [4.78, 5) is 0.0696. The van der Waals surface area contributed by atoms with Gasteiger partial charge in [-0.15, -0.1) is 0 Å². The zero-order chi connectivity index (χ0) is 13.2. The maximum absolute atomic E-state index is 13.4. The first-order chi connectivity index (χ1) is 8.49. The van der Waals surface area contributed by atoms with Crippen molar-refractivity contribution in [2.24, 2.45) is 0 Å². The summed E-state index contributed by atoms with van der Waals surface area (Å²) in [5.74, 6) is -0.615. The molecule has 18 heavy (non-hydrogen) atoms. The predicted octanol–water partition coefficient (Wildman–Crippen LogP) is 3.39. The van der Waals surface area contributed by atoms with E-state index < -0.39 is 15.8 Å². The van der Waals surface area contributed by atoms with Crippen LogP contribution in [-0.4, -0.2) is 8.42 Å². The molecule has 0 saturated heterocycles. The summed E-state index contributed by atoms with van der Waals surface area (Å²) < 4.78 is 40.2. The molecule has 0 atom stereocenters. The molecule has 1 N–H and O–H groups in total. The van der Waals surface area contributed by atoms with Gasteiger partial charge in [0.15, 0.2) is 0 Å². The summed E-state index contributed by atoms with van der Waals surface area (Å²) in [5.41, 5.74) is -0.0718. The van der Waals surface area contributed by atoms with Gasteiger partial charge in [0, 0.05) is 4.47 Å². The van der Waals surface area contributed by atoms with Crippen molar-refractivity contribution in [3.63, 3.8) is 0 Å². The van der Waals surface area contributed by atoms with Crippen molar-refractivity contribution in [2.75, 3.05) is 4.72 Å². The molecule has 0 unspecified atom stereocenters. The zero-order valence-corrected chi connectivity index (χ0v) is 11.5. The van der Waals surface area contributed by atoms with Crippen molar-refractivity contribution in [2.45, 2.75) is 4.90 Å². The Labute approximate surface area is 113 Å². The molecule has 0 aromatic heterocycles. The third kappa shape index (κ3) is 2.88. The van der Waals surface area contributed by atoms with E-state index in [1.807, 2.05) is 0 Å². The molecule has 3 nitrogen and oxygen atoms in total. The van der Waals surface area contributed by atoms with Crippen LogP contribution in [0.25, 0.3) is 0 Å². The maximum atomic E-state index is 13.4. The molecule has 0 fully saturated rings. The van der Waals surface area contributed by atoms with E-state index in [0.717, 1.165) is 0 Å². The van der Waals surface area contributed by atoms with Gasteiger partial charge in [0.2, 0.25) is 0 Å². The Kier molecular flexibility index (Phi) is 3.68. The van der Waals surface area contributed by atoms with Crippen LogP contribution in [0.2, 0.25) is 0 Å². The van der Waals surface area contributed by atoms with Crippen molar-refractivity contribution < 1.29 is 12.8 Å². The number of sulfonamides is 1. The van der Waals surface area contributed by atoms with Gasteiger partial charge in [-0.3, -0.25) is 4.72 Å². The van der Waals surface area contributed by atoms with Gasteiger partial charge >= 0.3 is 0 Å². The quantitative estimate of drug-likeness (QED) is 0.938. The van der Waals surface area contributed by atoms with Gasteiger partial charge in [-0.1, -0.05) is 34.1 Å². The predicted molar refractivity (Wildman–Crippen MR) is 71.4 cm³/mol. The van der Waals surface area contributed by atoms with Crippen LogP contribution in [0.5, 0.6) is 0 Å². The largest absolute Gasteiger partial charge is 0.277 e. The molecule has 0 aliphatic rings. The zero-order valence-electron chi connectivity index (χ0n) is 9.10. The van der Waals surface area contributed by atoms with Crippen LogP contribution < -0.4 is 4.72 Å². The van der Waals surface area contributed by atoms with Crippen LogP contribution in [-0.2, 0) is 10.0 Å². The summed E-state index contributed by atoms with van der Waals surface area (Å²) >= 11 is 3.19. The highest BCUT2D eigenvalue weighted by Gasteiger charge is 2.15. The Hall–Kier alpha value is -1.40. The van der Waals surface area contributed by atoms with E-state index in [1.54, 1.807) is 18.2 Å². The molecule has 94 valence electrons. The molecule has 2 aromatic rings. The molecule has 0 spiro atoms. The minimum Gasteiger partial charge on any atom is -0.277 e. The molecule has 0 radical (unpaired) electrons. The van der Waals surface area contributed by atoms with Crippen molar-refractivity contribution in [1.29, 1.82) is 0 Å². The number of nitrogens with one attached hydrogen (secondary N) is 1. The fourth-order valence-electron chi connectivity index (χ4n) is 1.38. The Balaban J connectivity index is 2.37. The van der Waals surface area contributed by atoms with Gasteiger partial charge in [0.05, 0.1) is 10.6 Å². The van der Waals surface area contributed by atoms with Crippen molar-refractivity contribution >= 4 is 31.6 Å². The lowest BCUT2D eigenvalue weighted by atomic mass is 10.3. The maximum Gasteiger partial charge on any atom is 0.262 e. The summed E-state index contributed by atoms with van der Waals surface area (Å²) in [5, 5.41) is 0. The smallest absolute Gasteiger partial charge is 0.262 e. The second-order valence-corrected chi connectivity index (χ2v) is 6.14. The van der Waals surface area contributed by atoms with Gasteiger partial charge < -0.3 is 0 Å². The van der Waals surface area contributed by atoms with Crippen LogP contribution in [0.4, 0.5) is 10.1 Å². The van der Waals surface area contributed by atoms with E-state index in [-0.39, 0.29) is 10.6 Å². The van der Waals surface area contributed by atoms with Crippen molar-refractivity contribution in [3.8, 4) is 0 Å². The van der Waals surface area contributed by atoms with Crippen molar-refractivity contribution in [3.05, 3.63) is 58.8 Å². The highest BCUT2D eigenvalue weighted by atomic mass is 79.9. The van der Waals surface area contributed by atoms with Crippen molar-refractivity contribution in [1.82, 2.24) is 0 Å². The first-order valence-electron chi connectivity index (χ1n) is 5.02. The summed E-state index contributed by atoms with van der Waals surface area (Å²) in [6.45, 7) is 0. The average Bonchev–Trinajstić information content (AvgIpc) is 2.32. The van der Waals surface area contributed by atoms with E-state index in [1.165, 1.54) is 30.3 Å². The van der Waals surface area contributed by atoms with E-state index in [9.17, 15) is 12.8 Å². The van der Waals surface area contributed by atoms with Crippen LogP contribution in [0.1, 0.15) is 0 Å². The van der Waals surface area contributed by atoms with Crippen LogP contribution in [0.3, 0.4) is 0 Å². The lowest BCUT2D eigenvalue weighted by Crippen LogP contribution is -2.13. The highest BCUT2D eigenvalue weighted by molar-refractivity contribution is 9.10. The first kappa shape index (κ1) is 13.0. The molecule has 6 heteroatoms. The minimum atomic E-state index is -3.78. The molecule has 2 rings (SSSR count). The molecule has 0 aliphatic heterocycles. The summed E-state index contributed by atoms with van der Waals surface area (Å²) in [6.07, 6.45) is 0. The Morgan fingerprint density at radius 3 is 2.44 bits per heavy atom. The van der Waals surface area contributed by atoms with E-state index in [4.69, 9.17) is 0 Å². The van der Waals surface area contributed by atoms with E-state index in [2.05, 4.69) is 20.7 Å². The standard InChI is InChI=1S/C12H9BrFNO2S/c13-9-4-3-5-10(8-9)18(16,17)15-12-7-2-1-6-11(12)14/h1-8,15H. The second kappa shape index (κ2) is 5.07. The molecular weight excluding hydrogens is 321 g/mol. The topological polar surface area (TPSA) is 46.2 Å². The second-order valence-electron chi connectivity index (χ2n) is 3.54. The number of hydrogen-bond donors (Lipinski definition) is 1. The fourth-order valence-corrected chi connectivity index (χ4v) is 3.05. The number of benzene rings is 2. The molecule has 0 bridgehead atoms. The molecule has 0 saturated carbocycles. The van der Waals surface area contributed by atoms with Gasteiger partial charge in [-0.05, 0) is 30.3 Å². The number of rotatable bonds is 3. The normalized spacial score (nSPS) is 11.2. The van der Waals surface area contributed by atoms with Gasteiger partial charge in [-0.25, -0.2) is 12.8 Å². The van der Waals surface area contributed by atoms with Crippen LogP contribution in [0.15, 0.2) is 57.9 Å². The lowest BCUT2D eigenvalue weighted by molar-refractivity contribution is 0.598. The SMILES string of the molecule is O=S(=O)(Nc1ccccc1F)c1cccc(Br)c1. The highest BCUT2D eigenvalue weighted by Crippen LogP contribution is 2.21. The number of halogens is 2. The minimum absolute atomic E-state index is 0.0696. The van der Waals surface area contributed by atoms with E-state index in [0.29, 0.717) is 4.47 Å². The summed E-state index contributed by atoms with van der Waals surface area (Å²) in [7, 11) is -3.78. The molecule has 0 amide bonds. The third-order valence-corrected chi connectivity index (χ3v) is 4.08. The molecular formula is C12H9BrFNO2S. The van der Waals surface area contributed by atoms with E-state index >= 15 is 0 Å². The molecule has 0 aliphatic carbocycles. The Morgan fingerprint density at radius 1 is 1.06 bits per heavy atom. The number of hydrogen-bond acceptors (Lipinski definition) is 2. The lowest BCUT2D eigenvalue weighted by Gasteiger charge is -2.08.